The molecular weight excluding hydrogens is 433 g/mol. The van der Waals surface area contributed by atoms with Crippen molar-refractivity contribution in [1.82, 2.24) is 14.0 Å². The number of hydrogen-bond donors (Lipinski definition) is 2. The van der Waals surface area contributed by atoms with Crippen LogP contribution in [-0.4, -0.2) is 26.9 Å². The number of fused-ring (bicyclic) bond motifs is 2. The van der Waals surface area contributed by atoms with Crippen LogP contribution in [-0.2, 0) is 11.3 Å². The standard InChI is InChI=1S/C20H21F3N4O3S/c1-18(4-5-18)25-31-12-2-3-14-13(8-12)15(28)27(24-16(29)19-9-11(19)10-19)17(30)26(14)7-6-20(21,22)23/h2-3,8,11,25H,4-7,9-10H2,1H3,(H,24,29). The number of nitrogens with zero attached hydrogens (tertiary/aromatic N) is 2. The van der Waals surface area contributed by atoms with Crippen molar-refractivity contribution in [3.05, 3.63) is 39.0 Å². The summed E-state index contributed by atoms with van der Waals surface area (Å²) in [6.07, 6.45) is -2.19. The molecule has 0 bridgehead atoms. The molecule has 1 aromatic carbocycles. The van der Waals surface area contributed by atoms with Crippen molar-refractivity contribution in [2.75, 3.05) is 5.43 Å². The van der Waals surface area contributed by atoms with Crippen molar-refractivity contribution >= 4 is 28.8 Å². The Morgan fingerprint density at radius 1 is 1.26 bits per heavy atom. The van der Waals surface area contributed by atoms with Gasteiger partial charge in [0.25, 0.3) is 5.56 Å². The number of carbonyl (C=O) groups is 1. The fourth-order valence-electron chi connectivity index (χ4n) is 3.73. The van der Waals surface area contributed by atoms with Crippen molar-refractivity contribution in [3.63, 3.8) is 0 Å². The Morgan fingerprint density at radius 2 is 1.94 bits per heavy atom. The molecule has 0 saturated heterocycles. The van der Waals surface area contributed by atoms with E-state index in [1.165, 1.54) is 18.0 Å². The number of amides is 1. The molecule has 0 aliphatic heterocycles. The molecule has 1 aromatic heterocycles. The number of benzene rings is 1. The number of halogens is 3. The van der Waals surface area contributed by atoms with Gasteiger partial charge < -0.3 is 0 Å². The Labute approximate surface area is 179 Å². The number of rotatable bonds is 7. The Kier molecular flexibility index (Phi) is 4.40. The predicted octanol–water partition coefficient (Wildman–Crippen LogP) is 2.74. The lowest BCUT2D eigenvalue weighted by Crippen LogP contribution is -2.48. The molecule has 0 unspecified atom stereocenters. The fourth-order valence-corrected chi connectivity index (χ4v) is 4.61. The molecular formula is C20H21F3N4O3S. The minimum atomic E-state index is -4.47. The normalized spacial score (nSPS) is 25.2. The van der Waals surface area contributed by atoms with Crippen LogP contribution in [0.5, 0.6) is 0 Å². The zero-order chi connectivity index (χ0) is 22.2. The third-order valence-electron chi connectivity index (χ3n) is 6.50. The molecule has 3 fully saturated rings. The number of alkyl halides is 3. The summed E-state index contributed by atoms with van der Waals surface area (Å²) in [7, 11) is 0. The van der Waals surface area contributed by atoms with E-state index in [2.05, 4.69) is 17.1 Å². The van der Waals surface area contributed by atoms with Crippen molar-refractivity contribution in [1.29, 1.82) is 0 Å². The molecule has 1 amide bonds. The minimum absolute atomic E-state index is 0.0314. The van der Waals surface area contributed by atoms with Crippen molar-refractivity contribution < 1.29 is 18.0 Å². The van der Waals surface area contributed by atoms with Gasteiger partial charge in [0, 0.05) is 17.0 Å². The maximum absolute atomic E-state index is 13.0. The lowest BCUT2D eigenvalue weighted by atomic mass is 10.2. The number of aryl methyl sites for hydroxylation is 1. The second kappa shape index (κ2) is 6.61. The summed E-state index contributed by atoms with van der Waals surface area (Å²) < 4.78 is 43.3. The monoisotopic (exact) mass is 454 g/mol. The van der Waals surface area contributed by atoms with Crippen LogP contribution in [0.3, 0.4) is 0 Å². The van der Waals surface area contributed by atoms with Crippen LogP contribution in [0.1, 0.15) is 39.0 Å². The van der Waals surface area contributed by atoms with E-state index in [0.29, 0.717) is 22.4 Å². The van der Waals surface area contributed by atoms with Gasteiger partial charge in [-0.15, -0.1) is 0 Å². The summed E-state index contributed by atoms with van der Waals surface area (Å²) in [6, 6.07) is 4.69. The SMILES string of the molecule is CC1(NSc2ccc3c(c2)c(=O)n(NC(=O)C24CC2C4)c(=O)n3CCC(F)(F)F)CC1. The summed E-state index contributed by atoms with van der Waals surface area (Å²) in [5, 5.41) is 0.0791. The fraction of sp³-hybridized carbons (Fsp3) is 0.550. The van der Waals surface area contributed by atoms with Gasteiger partial charge in [-0.2, -0.15) is 17.8 Å². The molecule has 3 aliphatic carbocycles. The summed E-state index contributed by atoms with van der Waals surface area (Å²) in [5.74, 6) is -0.138. The van der Waals surface area contributed by atoms with E-state index in [9.17, 15) is 27.6 Å². The van der Waals surface area contributed by atoms with Crippen LogP contribution >= 0.6 is 11.9 Å². The first kappa shape index (κ1) is 20.6. The zero-order valence-electron chi connectivity index (χ0n) is 16.7. The Balaban J connectivity index is 1.55. The third kappa shape index (κ3) is 3.78. The van der Waals surface area contributed by atoms with Gasteiger partial charge in [0.05, 0.1) is 22.7 Å². The molecule has 3 aliphatic rings. The molecule has 1 heterocycles. The highest BCUT2D eigenvalue weighted by molar-refractivity contribution is 7.97. The largest absolute Gasteiger partial charge is 0.390 e. The van der Waals surface area contributed by atoms with Gasteiger partial charge in [-0.3, -0.25) is 24.3 Å². The summed E-state index contributed by atoms with van der Waals surface area (Å²) in [4.78, 5) is 39.1. The second-order valence-corrected chi connectivity index (χ2v) is 9.97. The van der Waals surface area contributed by atoms with Gasteiger partial charge in [-0.1, -0.05) is 0 Å². The second-order valence-electron chi connectivity index (χ2n) is 9.09. The van der Waals surface area contributed by atoms with E-state index < -0.39 is 41.7 Å². The summed E-state index contributed by atoms with van der Waals surface area (Å²) in [5.41, 5.74) is 0.285. The van der Waals surface area contributed by atoms with E-state index in [-0.39, 0.29) is 22.4 Å². The molecule has 2 aromatic rings. The number of hydrogen-bond acceptors (Lipinski definition) is 5. The van der Waals surface area contributed by atoms with Gasteiger partial charge in [-0.05, 0) is 68.7 Å². The molecule has 0 atom stereocenters. The average Bonchev–Trinajstić information content (AvgIpc) is 3.59. The summed E-state index contributed by atoms with van der Waals surface area (Å²) >= 11 is 1.33. The molecule has 11 heteroatoms. The van der Waals surface area contributed by atoms with Crippen LogP contribution in [0.4, 0.5) is 13.2 Å². The van der Waals surface area contributed by atoms with Crippen molar-refractivity contribution in [2.45, 2.75) is 62.2 Å². The number of nitrogens with one attached hydrogen (secondary N) is 2. The smallest absolute Gasteiger partial charge is 0.291 e. The van der Waals surface area contributed by atoms with E-state index in [0.717, 1.165) is 17.4 Å². The first-order valence-electron chi connectivity index (χ1n) is 10.1. The van der Waals surface area contributed by atoms with E-state index in [1.807, 2.05) is 0 Å². The molecule has 5 rings (SSSR count). The Morgan fingerprint density at radius 3 is 2.52 bits per heavy atom. The van der Waals surface area contributed by atoms with Crippen LogP contribution in [0, 0.1) is 11.3 Å². The number of carbonyl (C=O) groups excluding carboxylic acids is 1. The molecule has 0 spiro atoms. The lowest BCUT2D eigenvalue weighted by Gasteiger charge is -2.17. The molecule has 3 saturated carbocycles. The highest BCUT2D eigenvalue weighted by Crippen LogP contribution is 2.75. The van der Waals surface area contributed by atoms with Gasteiger partial charge in [-0.25, -0.2) is 4.79 Å². The first-order valence-corrected chi connectivity index (χ1v) is 10.9. The first-order chi connectivity index (χ1) is 14.5. The van der Waals surface area contributed by atoms with E-state index >= 15 is 0 Å². The van der Waals surface area contributed by atoms with E-state index in [4.69, 9.17) is 0 Å². The quantitative estimate of drug-likeness (QED) is 0.629. The Bertz CT molecular complexity index is 1210. The van der Waals surface area contributed by atoms with Gasteiger partial charge in [0.15, 0.2) is 0 Å². The molecule has 166 valence electrons. The zero-order valence-corrected chi connectivity index (χ0v) is 17.5. The predicted molar refractivity (Wildman–Crippen MR) is 109 cm³/mol. The molecule has 7 nitrogen and oxygen atoms in total. The Hall–Kier alpha value is -2.27. The highest BCUT2D eigenvalue weighted by Gasteiger charge is 2.74. The van der Waals surface area contributed by atoms with E-state index in [1.54, 1.807) is 12.1 Å². The lowest BCUT2D eigenvalue weighted by molar-refractivity contribution is -0.136. The third-order valence-corrected chi connectivity index (χ3v) is 7.58. The van der Waals surface area contributed by atoms with Gasteiger partial charge in [0.2, 0.25) is 5.91 Å². The van der Waals surface area contributed by atoms with Crippen molar-refractivity contribution in [2.24, 2.45) is 11.3 Å². The van der Waals surface area contributed by atoms with Gasteiger partial charge >= 0.3 is 11.9 Å². The van der Waals surface area contributed by atoms with Crippen LogP contribution in [0.15, 0.2) is 32.7 Å². The van der Waals surface area contributed by atoms with Crippen LogP contribution in [0.2, 0.25) is 0 Å². The maximum atomic E-state index is 13.0. The van der Waals surface area contributed by atoms with Crippen LogP contribution in [0.25, 0.3) is 10.9 Å². The maximum Gasteiger partial charge on any atom is 0.390 e. The minimum Gasteiger partial charge on any atom is -0.291 e. The molecule has 31 heavy (non-hydrogen) atoms. The topological polar surface area (TPSA) is 85.1 Å². The van der Waals surface area contributed by atoms with Crippen molar-refractivity contribution in [3.8, 4) is 0 Å². The number of aromatic nitrogens is 2. The molecule has 2 N–H and O–H groups in total. The highest BCUT2D eigenvalue weighted by atomic mass is 32.2. The summed E-state index contributed by atoms with van der Waals surface area (Å²) in [6.45, 7) is 1.42. The van der Waals surface area contributed by atoms with Crippen LogP contribution < -0.4 is 21.4 Å². The van der Waals surface area contributed by atoms with Gasteiger partial charge in [0.1, 0.15) is 0 Å². The average molecular weight is 454 g/mol. The molecule has 0 radical (unpaired) electrons.